The summed E-state index contributed by atoms with van der Waals surface area (Å²) in [5.74, 6) is 0.180. The van der Waals surface area contributed by atoms with Crippen LogP contribution in [0.1, 0.15) is 58.9 Å². The third-order valence-corrected chi connectivity index (χ3v) is 8.16. The van der Waals surface area contributed by atoms with Crippen LogP contribution in [-0.2, 0) is 10.0 Å². The van der Waals surface area contributed by atoms with Crippen molar-refractivity contribution in [3.63, 3.8) is 0 Å². The molecule has 0 radical (unpaired) electrons. The second-order valence-corrected chi connectivity index (χ2v) is 11.0. The highest BCUT2D eigenvalue weighted by Gasteiger charge is 2.26. The second-order valence-electron chi connectivity index (χ2n) is 9.06. The topological polar surface area (TPSA) is 116 Å². The Morgan fingerprint density at radius 2 is 1.83 bits per heavy atom. The molecule has 0 aliphatic carbocycles. The zero-order valence-corrected chi connectivity index (χ0v) is 20.7. The van der Waals surface area contributed by atoms with Crippen LogP contribution in [0, 0.1) is 6.92 Å². The summed E-state index contributed by atoms with van der Waals surface area (Å²) >= 11 is 0. The number of nitrogens with one attached hydrogen (secondary N) is 1. The Balaban J connectivity index is 1.62. The predicted molar refractivity (Wildman–Crippen MR) is 136 cm³/mol. The smallest absolute Gasteiger partial charge is 0.273 e. The van der Waals surface area contributed by atoms with E-state index in [9.17, 15) is 18.4 Å². The fraction of sp³-hybridized carbons (Fsp3) is 0.346. The van der Waals surface area contributed by atoms with E-state index < -0.39 is 15.6 Å². The number of hydrogen-bond acceptors (Lipinski definition) is 6. The Hall–Kier alpha value is -3.30. The lowest BCUT2D eigenvalue weighted by Crippen LogP contribution is -2.37. The molecular weight excluding hydrogens is 464 g/mol. The van der Waals surface area contributed by atoms with Crippen molar-refractivity contribution < 1.29 is 13.6 Å². The summed E-state index contributed by atoms with van der Waals surface area (Å²) < 4.78 is 25.2. The lowest BCUT2D eigenvalue weighted by molar-refractivity contribution is 0.317. The molecule has 8 nitrogen and oxygen atoms in total. The Morgan fingerprint density at radius 3 is 2.43 bits per heavy atom. The summed E-state index contributed by atoms with van der Waals surface area (Å²) in [7, 11) is -3.15. The molecule has 184 valence electrons. The molecule has 1 atom stereocenters. The van der Waals surface area contributed by atoms with Gasteiger partial charge in [-0.25, -0.2) is 17.8 Å². The van der Waals surface area contributed by atoms with E-state index in [4.69, 9.17) is 0 Å². The first-order valence-corrected chi connectivity index (χ1v) is 13.5. The molecule has 9 heteroatoms. The summed E-state index contributed by atoms with van der Waals surface area (Å²) in [4.78, 5) is 12.3. The molecule has 3 aromatic rings. The summed E-state index contributed by atoms with van der Waals surface area (Å²) in [6, 6.07) is 18.0. The van der Waals surface area contributed by atoms with Gasteiger partial charge in [0, 0.05) is 31.6 Å². The minimum absolute atomic E-state index is 0.129. The van der Waals surface area contributed by atoms with E-state index in [1.165, 1.54) is 18.0 Å². The molecule has 4 rings (SSSR count). The van der Waals surface area contributed by atoms with Gasteiger partial charge in [-0.2, -0.15) is 5.10 Å². The van der Waals surface area contributed by atoms with Crippen molar-refractivity contribution in [2.45, 2.75) is 38.0 Å². The van der Waals surface area contributed by atoms with Crippen LogP contribution in [0.2, 0.25) is 0 Å². The van der Waals surface area contributed by atoms with Gasteiger partial charge in [0.1, 0.15) is 0 Å². The van der Waals surface area contributed by atoms with Gasteiger partial charge in [0.25, 0.3) is 5.56 Å². The minimum atomic E-state index is -3.15. The van der Waals surface area contributed by atoms with Crippen LogP contribution in [0.5, 0.6) is 0 Å². The number of aryl methyl sites for hydroxylation is 1. The number of H-pyrrole nitrogens is 1. The number of rotatable bonds is 7. The number of sulfonamides is 1. The Morgan fingerprint density at radius 1 is 1.14 bits per heavy atom. The SMILES string of the molecule is Cc1ccccc1[C@H](CC(=NO)c1ccn[nH]c1=O)c1ccc(C2CCN(S(C)(=O)=O)CC2)cc1. The van der Waals surface area contributed by atoms with Crippen molar-refractivity contribution in [3.8, 4) is 0 Å². The summed E-state index contributed by atoms with van der Waals surface area (Å²) in [5.41, 5.74) is 4.60. The van der Waals surface area contributed by atoms with Crippen molar-refractivity contribution >= 4 is 15.7 Å². The molecule has 1 aliphatic heterocycles. The molecule has 2 N–H and O–H groups in total. The summed E-state index contributed by atoms with van der Waals surface area (Å²) in [5, 5.41) is 19.4. The van der Waals surface area contributed by atoms with Gasteiger partial charge in [-0.1, -0.05) is 53.7 Å². The third-order valence-electron chi connectivity index (χ3n) is 6.85. The first kappa shape index (κ1) is 24.8. The van der Waals surface area contributed by atoms with E-state index in [2.05, 4.69) is 45.7 Å². The van der Waals surface area contributed by atoms with Gasteiger partial charge < -0.3 is 5.21 Å². The highest BCUT2D eigenvalue weighted by molar-refractivity contribution is 7.88. The van der Waals surface area contributed by atoms with Crippen LogP contribution in [0.4, 0.5) is 0 Å². The quantitative estimate of drug-likeness (QED) is 0.296. The maximum atomic E-state index is 12.3. The van der Waals surface area contributed by atoms with Gasteiger partial charge >= 0.3 is 0 Å². The number of oxime groups is 1. The standard InChI is InChI=1S/C26H30N4O4S/c1-18-5-3-4-6-22(18)24(17-25(29-32)23-11-14-27-28-26(23)31)21-9-7-19(8-10-21)20-12-15-30(16-13-20)35(2,33)34/h3-11,14,20,24,32H,12-13,15-17H2,1-2H3,(H,28,31)/t24-/m1/s1. The number of hydrogen-bond donors (Lipinski definition) is 2. The highest BCUT2D eigenvalue weighted by Crippen LogP contribution is 2.34. The van der Waals surface area contributed by atoms with Crippen molar-refractivity contribution in [2.24, 2.45) is 5.16 Å². The Kier molecular flexibility index (Phi) is 7.47. The van der Waals surface area contributed by atoms with Crippen LogP contribution in [0.3, 0.4) is 0 Å². The maximum absolute atomic E-state index is 12.3. The second kappa shape index (κ2) is 10.5. The predicted octanol–water partition coefficient (Wildman–Crippen LogP) is 3.62. The van der Waals surface area contributed by atoms with E-state index in [0.717, 1.165) is 29.5 Å². The first-order valence-electron chi connectivity index (χ1n) is 11.6. The molecule has 1 saturated heterocycles. The van der Waals surface area contributed by atoms with Crippen molar-refractivity contribution in [2.75, 3.05) is 19.3 Å². The largest absolute Gasteiger partial charge is 0.411 e. The average molecular weight is 495 g/mol. The van der Waals surface area contributed by atoms with Crippen LogP contribution >= 0.6 is 0 Å². The molecule has 0 spiro atoms. The molecule has 2 heterocycles. The van der Waals surface area contributed by atoms with Gasteiger partial charge in [-0.3, -0.25) is 4.79 Å². The maximum Gasteiger partial charge on any atom is 0.273 e. The van der Waals surface area contributed by atoms with Crippen LogP contribution in [0.25, 0.3) is 0 Å². The van der Waals surface area contributed by atoms with Gasteiger partial charge in [-0.15, -0.1) is 0 Å². The number of benzene rings is 2. The molecule has 1 aliphatic rings. The van der Waals surface area contributed by atoms with Crippen LogP contribution in [0.15, 0.2) is 70.7 Å². The lowest BCUT2D eigenvalue weighted by Gasteiger charge is -2.30. The van der Waals surface area contributed by atoms with Crippen LogP contribution in [-0.4, -0.2) is 53.2 Å². The van der Waals surface area contributed by atoms with E-state index in [1.807, 2.05) is 25.1 Å². The minimum Gasteiger partial charge on any atom is -0.411 e. The Labute approximate surface area is 205 Å². The third kappa shape index (κ3) is 5.68. The zero-order chi connectivity index (χ0) is 25.0. The Bertz CT molecular complexity index is 1360. The monoisotopic (exact) mass is 494 g/mol. The molecule has 1 fully saturated rings. The number of aromatic amines is 1. The van der Waals surface area contributed by atoms with Gasteiger partial charge in [0.05, 0.1) is 17.5 Å². The van der Waals surface area contributed by atoms with Crippen LogP contribution < -0.4 is 5.56 Å². The normalized spacial score (nSPS) is 16.8. The van der Waals surface area contributed by atoms with Crippen molar-refractivity contribution in [3.05, 3.63) is 99.0 Å². The summed E-state index contributed by atoms with van der Waals surface area (Å²) in [6.45, 7) is 3.11. The lowest BCUT2D eigenvalue weighted by atomic mass is 9.82. The van der Waals surface area contributed by atoms with E-state index in [1.54, 1.807) is 10.4 Å². The number of aromatic nitrogens is 2. The molecule has 35 heavy (non-hydrogen) atoms. The van der Waals surface area contributed by atoms with E-state index in [-0.39, 0.29) is 11.5 Å². The summed E-state index contributed by atoms with van der Waals surface area (Å²) in [6.07, 6.45) is 4.65. The number of nitrogens with zero attached hydrogens (tertiary/aromatic N) is 3. The fourth-order valence-electron chi connectivity index (χ4n) is 4.88. The molecule has 0 amide bonds. The van der Waals surface area contributed by atoms with E-state index in [0.29, 0.717) is 31.1 Å². The molecule has 1 aromatic heterocycles. The fourth-order valence-corrected chi connectivity index (χ4v) is 5.75. The number of piperidine rings is 1. The molecule has 0 saturated carbocycles. The van der Waals surface area contributed by atoms with Crippen molar-refractivity contribution in [1.82, 2.24) is 14.5 Å². The molecule has 2 aromatic carbocycles. The average Bonchev–Trinajstić information content (AvgIpc) is 2.86. The van der Waals surface area contributed by atoms with Gasteiger partial charge in [0.2, 0.25) is 10.0 Å². The van der Waals surface area contributed by atoms with Gasteiger partial charge in [-0.05, 0) is 54.0 Å². The molecule has 0 bridgehead atoms. The van der Waals surface area contributed by atoms with E-state index >= 15 is 0 Å². The molecular formula is C26H30N4O4S. The molecule has 0 unspecified atom stereocenters. The zero-order valence-electron chi connectivity index (χ0n) is 19.9. The van der Waals surface area contributed by atoms with Crippen molar-refractivity contribution in [1.29, 1.82) is 0 Å². The van der Waals surface area contributed by atoms with Gasteiger partial charge in [0.15, 0.2) is 0 Å². The highest BCUT2D eigenvalue weighted by atomic mass is 32.2. The first-order chi connectivity index (χ1) is 16.8.